The van der Waals surface area contributed by atoms with Crippen LogP contribution in [0.25, 0.3) is 0 Å². The Balaban J connectivity index is 1.85. The Morgan fingerprint density at radius 3 is 3.00 bits per heavy atom. The lowest BCUT2D eigenvalue weighted by molar-refractivity contribution is -0.122. The Morgan fingerprint density at radius 1 is 1.47 bits per heavy atom. The molecule has 5 nitrogen and oxygen atoms in total. The topological polar surface area (TPSA) is 60.5 Å². The maximum absolute atomic E-state index is 11.7. The number of amides is 1. The van der Waals surface area contributed by atoms with Crippen LogP contribution in [0.2, 0.25) is 0 Å². The summed E-state index contributed by atoms with van der Waals surface area (Å²) in [6.45, 7) is 1.74. The number of pyridine rings is 1. The van der Waals surface area contributed by atoms with E-state index in [1.807, 2.05) is 12.1 Å². The maximum atomic E-state index is 11.7. The van der Waals surface area contributed by atoms with Crippen LogP contribution >= 0.6 is 0 Å². The van der Waals surface area contributed by atoms with Gasteiger partial charge in [0, 0.05) is 31.8 Å². The number of rotatable bonds is 6. The Hall–Kier alpha value is -1.46. The number of methoxy groups -OCH3 is 1. The molecule has 0 radical (unpaired) electrons. The van der Waals surface area contributed by atoms with Crippen molar-refractivity contribution in [3.8, 4) is 0 Å². The molecule has 2 atom stereocenters. The fourth-order valence-corrected chi connectivity index (χ4v) is 2.25. The van der Waals surface area contributed by atoms with Gasteiger partial charge in [-0.15, -0.1) is 0 Å². The highest BCUT2D eigenvalue weighted by Gasteiger charge is 2.29. The summed E-state index contributed by atoms with van der Waals surface area (Å²) in [4.78, 5) is 15.7. The van der Waals surface area contributed by atoms with Crippen molar-refractivity contribution in [3.63, 3.8) is 0 Å². The minimum absolute atomic E-state index is 0.0251. The second-order valence-corrected chi connectivity index (χ2v) is 4.77. The van der Waals surface area contributed by atoms with Crippen LogP contribution in [-0.4, -0.2) is 43.9 Å². The van der Waals surface area contributed by atoms with Crippen LogP contribution in [0.3, 0.4) is 0 Å². The van der Waals surface area contributed by atoms with E-state index in [9.17, 15) is 4.79 Å². The van der Waals surface area contributed by atoms with Gasteiger partial charge in [-0.25, -0.2) is 0 Å². The predicted octanol–water partition coefficient (Wildman–Crippen LogP) is 0.792. The molecule has 0 aliphatic carbocycles. The highest BCUT2D eigenvalue weighted by molar-refractivity contribution is 5.76. The molecule has 1 aromatic rings. The fraction of sp³-hybridized carbons (Fsp3) is 0.571. The summed E-state index contributed by atoms with van der Waals surface area (Å²) in [5.41, 5.74) is 1.22. The zero-order chi connectivity index (χ0) is 13.5. The van der Waals surface area contributed by atoms with Crippen LogP contribution in [0.4, 0.5) is 0 Å². The number of aromatic nitrogens is 1. The average Bonchev–Trinajstić information content (AvgIpc) is 2.85. The molecule has 1 saturated heterocycles. The fourth-order valence-electron chi connectivity index (χ4n) is 2.25. The smallest absolute Gasteiger partial charge is 0.222 e. The van der Waals surface area contributed by atoms with Gasteiger partial charge >= 0.3 is 0 Å². The molecule has 104 valence electrons. The van der Waals surface area contributed by atoms with E-state index in [0.29, 0.717) is 32.2 Å². The summed E-state index contributed by atoms with van der Waals surface area (Å²) >= 11 is 0. The number of carbonyl (C=O) groups is 1. The third-order valence-electron chi connectivity index (χ3n) is 3.33. The van der Waals surface area contributed by atoms with Crippen LogP contribution in [0.15, 0.2) is 24.5 Å². The van der Waals surface area contributed by atoms with Gasteiger partial charge < -0.3 is 14.8 Å². The van der Waals surface area contributed by atoms with E-state index in [-0.39, 0.29) is 11.9 Å². The molecule has 0 spiro atoms. The molecule has 0 unspecified atom stereocenters. The molecule has 0 saturated carbocycles. The third kappa shape index (κ3) is 4.29. The molecular weight excluding hydrogens is 244 g/mol. The quantitative estimate of drug-likeness (QED) is 0.825. The molecule has 1 amide bonds. The van der Waals surface area contributed by atoms with E-state index in [4.69, 9.17) is 9.47 Å². The molecule has 19 heavy (non-hydrogen) atoms. The molecule has 1 N–H and O–H groups in total. The molecule has 0 aromatic carbocycles. The molecule has 2 heterocycles. The van der Waals surface area contributed by atoms with Crippen molar-refractivity contribution < 1.29 is 14.3 Å². The van der Waals surface area contributed by atoms with Crippen molar-refractivity contribution in [1.29, 1.82) is 0 Å². The van der Waals surface area contributed by atoms with Gasteiger partial charge in [0.2, 0.25) is 5.91 Å². The summed E-state index contributed by atoms with van der Waals surface area (Å²) in [6, 6.07) is 4.10. The van der Waals surface area contributed by atoms with Gasteiger partial charge in [-0.3, -0.25) is 9.78 Å². The Kier molecular flexibility index (Phi) is 5.30. The van der Waals surface area contributed by atoms with Crippen molar-refractivity contribution in [3.05, 3.63) is 30.1 Å². The summed E-state index contributed by atoms with van der Waals surface area (Å²) < 4.78 is 10.4. The lowest BCUT2D eigenvalue weighted by Crippen LogP contribution is -2.40. The average molecular weight is 264 g/mol. The molecule has 1 aromatic heterocycles. The minimum atomic E-state index is 0.0251. The molecule has 1 aliphatic rings. The highest BCUT2D eigenvalue weighted by Crippen LogP contribution is 2.19. The predicted molar refractivity (Wildman–Crippen MR) is 70.7 cm³/mol. The Labute approximate surface area is 113 Å². The van der Waals surface area contributed by atoms with E-state index in [0.717, 1.165) is 6.42 Å². The van der Waals surface area contributed by atoms with Crippen LogP contribution in [0.1, 0.15) is 12.0 Å². The molecule has 1 aliphatic heterocycles. The SMILES string of the molecule is COCCC(=O)N[C@H]1COC[C@H]1Cc1ccncc1. The lowest BCUT2D eigenvalue weighted by Gasteiger charge is -2.19. The Morgan fingerprint density at radius 2 is 2.26 bits per heavy atom. The van der Waals surface area contributed by atoms with E-state index in [1.165, 1.54) is 5.56 Å². The maximum Gasteiger partial charge on any atom is 0.222 e. The normalized spacial score (nSPS) is 22.4. The number of hydrogen-bond donors (Lipinski definition) is 1. The van der Waals surface area contributed by atoms with Crippen LogP contribution < -0.4 is 5.32 Å². The van der Waals surface area contributed by atoms with Crippen molar-refractivity contribution in [2.75, 3.05) is 26.9 Å². The van der Waals surface area contributed by atoms with Crippen LogP contribution in [0.5, 0.6) is 0 Å². The number of nitrogens with one attached hydrogen (secondary N) is 1. The molecule has 0 bridgehead atoms. The monoisotopic (exact) mass is 264 g/mol. The summed E-state index contributed by atoms with van der Waals surface area (Å²) in [7, 11) is 1.60. The van der Waals surface area contributed by atoms with E-state index >= 15 is 0 Å². The Bertz CT molecular complexity index is 397. The molecule has 5 heteroatoms. The first-order valence-corrected chi connectivity index (χ1v) is 6.54. The zero-order valence-electron chi connectivity index (χ0n) is 11.2. The van der Waals surface area contributed by atoms with E-state index in [2.05, 4.69) is 10.3 Å². The summed E-state index contributed by atoms with van der Waals surface area (Å²) in [5.74, 6) is 0.353. The second-order valence-electron chi connectivity index (χ2n) is 4.77. The standard InChI is InChI=1S/C14H20N2O3/c1-18-7-4-14(17)16-13-10-19-9-12(13)8-11-2-5-15-6-3-11/h2-3,5-6,12-13H,4,7-10H2,1H3,(H,16,17)/t12-,13+/m1/s1. The number of ether oxygens (including phenoxy) is 2. The summed E-state index contributed by atoms with van der Waals surface area (Å²) in [5, 5.41) is 3.02. The minimum Gasteiger partial charge on any atom is -0.384 e. The van der Waals surface area contributed by atoms with Gasteiger partial charge in [0.1, 0.15) is 0 Å². The highest BCUT2D eigenvalue weighted by atomic mass is 16.5. The van der Waals surface area contributed by atoms with Crippen LogP contribution in [-0.2, 0) is 20.7 Å². The number of carbonyl (C=O) groups excluding carboxylic acids is 1. The number of hydrogen-bond acceptors (Lipinski definition) is 4. The van der Waals surface area contributed by atoms with Gasteiger partial charge in [-0.05, 0) is 24.1 Å². The largest absolute Gasteiger partial charge is 0.384 e. The first kappa shape index (κ1) is 14.0. The lowest BCUT2D eigenvalue weighted by atomic mass is 9.95. The van der Waals surface area contributed by atoms with Gasteiger partial charge in [-0.2, -0.15) is 0 Å². The van der Waals surface area contributed by atoms with Gasteiger partial charge in [0.15, 0.2) is 0 Å². The van der Waals surface area contributed by atoms with Gasteiger partial charge in [-0.1, -0.05) is 0 Å². The summed E-state index contributed by atoms with van der Waals surface area (Å²) in [6.07, 6.45) is 4.88. The van der Waals surface area contributed by atoms with Gasteiger partial charge in [0.05, 0.1) is 25.9 Å². The van der Waals surface area contributed by atoms with Crippen LogP contribution in [0, 0.1) is 5.92 Å². The number of nitrogens with zero attached hydrogens (tertiary/aromatic N) is 1. The van der Waals surface area contributed by atoms with E-state index in [1.54, 1.807) is 19.5 Å². The first-order valence-electron chi connectivity index (χ1n) is 6.54. The molecule has 1 fully saturated rings. The third-order valence-corrected chi connectivity index (χ3v) is 3.33. The van der Waals surface area contributed by atoms with Crippen molar-refractivity contribution in [2.24, 2.45) is 5.92 Å². The second kappa shape index (κ2) is 7.21. The van der Waals surface area contributed by atoms with Crippen molar-refractivity contribution in [1.82, 2.24) is 10.3 Å². The van der Waals surface area contributed by atoms with Gasteiger partial charge in [0.25, 0.3) is 0 Å². The van der Waals surface area contributed by atoms with Crippen molar-refractivity contribution in [2.45, 2.75) is 18.9 Å². The zero-order valence-corrected chi connectivity index (χ0v) is 11.2. The van der Waals surface area contributed by atoms with E-state index < -0.39 is 0 Å². The molecule has 2 rings (SSSR count). The molecular formula is C14H20N2O3. The van der Waals surface area contributed by atoms with Crippen molar-refractivity contribution >= 4 is 5.91 Å². The first-order chi connectivity index (χ1) is 9.29.